The van der Waals surface area contributed by atoms with E-state index in [2.05, 4.69) is 24.5 Å². The summed E-state index contributed by atoms with van der Waals surface area (Å²) in [5, 5.41) is 40.8. The fourth-order valence-electron chi connectivity index (χ4n) is 9.76. The SMILES string of the molecule is CC1=CC23C(=O)C(C=C(CO)C(O)C2(O)C1OC(=O)c1ccccc1NC(=O)c1ccccc1NC(=O)c1ccccc1N(C)C)C1C(CC3C)C1(C)C. The number of rotatable bonds is 8. The van der Waals surface area contributed by atoms with Crippen LogP contribution in [0.15, 0.2) is 96.1 Å². The first-order valence-corrected chi connectivity index (χ1v) is 18.3. The standard InChI is InChI=1S/C43H47N3O8/c1-23-21-42-24(2)19-30-34(41(30,3)4)29(36(42)49)20-25(22-47)35(48)43(42,53)37(23)54-40(52)27-14-8-11-17-32(27)45-38(50)26-13-7-10-16-31(26)44-39(51)28-15-9-12-18-33(28)46(5)6/h7-18,20-21,24,29-30,34-35,37,47-48,53H,19,22H2,1-6H3,(H,44,51)(H,45,50). The van der Waals surface area contributed by atoms with E-state index in [0.29, 0.717) is 23.2 Å². The van der Waals surface area contributed by atoms with Gasteiger partial charge in [0, 0.05) is 25.7 Å². The van der Waals surface area contributed by atoms with Gasteiger partial charge in [-0.1, -0.05) is 69.3 Å². The molecule has 2 amide bonds. The highest BCUT2D eigenvalue weighted by atomic mass is 16.6. The number of esters is 1. The fourth-order valence-corrected chi connectivity index (χ4v) is 9.76. The molecule has 0 saturated heterocycles. The van der Waals surface area contributed by atoms with Gasteiger partial charge in [0.2, 0.25) is 0 Å². The van der Waals surface area contributed by atoms with E-state index in [1.54, 1.807) is 67.6 Å². The second-order valence-corrected chi connectivity index (χ2v) is 16.1. The lowest BCUT2D eigenvalue weighted by atomic mass is 9.59. The molecule has 4 aliphatic carbocycles. The van der Waals surface area contributed by atoms with E-state index >= 15 is 0 Å². The number of aliphatic hydroxyl groups is 3. The van der Waals surface area contributed by atoms with E-state index < -0.39 is 59.5 Å². The number of ketones is 1. The lowest BCUT2D eigenvalue weighted by Gasteiger charge is -2.48. The smallest absolute Gasteiger partial charge is 0.340 e. The van der Waals surface area contributed by atoms with Gasteiger partial charge in [-0.15, -0.1) is 0 Å². The summed E-state index contributed by atoms with van der Waals surface area (Å²) < 4.78 is 6.10. The van der Waals surface area contributed by atoms with Crippen LogP contribution in [0, 0.1) is 34.5 Å². The molecule has 2 fully saturated rings. The summed E-state index contributed by atoms with van der Waals surface area (Å²) in [6.07, 6.45) is 0.766. The van der Waals surface area contributed by atoms with Crippen LogP contribution in [0.1, 0.15) is 65.2 Å². The number of hydrogen-bond acceptors (Lipinski definition) is 9. The zero-order valence-corrected chi connectivity index (χ0v) is 31.3. The van der Waals surface area contributed by atoms with Crippen molar-refractivity contribution in [2.45, 2.75) is 51.9 Å². The van der Waals surface area contributed by atoms with Crippen molar-refractivity contribution in [3.05, 3.63) is 113 Å². The Morgan fingerprint density at radius 1 is 0.889 bits per heavy atom. The summed E-state index contributed by atoms with van der Waals surface area (Å²) in [6, 6.07) is 19.8. The predicted octanol–water partition coefficient (Wildman–Crippen LogP) is 5.25. The number of carbonyl (C=O) groups is 4. The lowest BCUT2D eigenvalue weighted by molar-refractivity contribution is -0.190. The number of benzene rings is 3. The molecule has 8 atom stereocenters. The van der Waals surface area contributed by atoms with Gasteiger partial charge in [0.15, 0.2) is 17.5 Å². The van der Waals surface area contributed by atoms with E-state index in [1.807, 2.05) is 38.1 Å². The van der Waals surface area contributed by atoms with Crippen molar-refractivity contribution in [3.8, 4) is 0 Å². The number of anilines is 3. The van der Waals surface area contributed by atoms with Crippen molar-refractivity contribution in [1.29, 1.82) is 0 Å². The molecule has 0 heterocycles. The molecule has 2 bridgehead atoms. The molecule has 0 aromatic heterocycles. The van der Waals surface area contributed by atoms with Crippen molar-refractivity contribution >= 4 is 40.6 Å². The first kappa shape index (κ1) is 37.2. The third-order valence-corrected chi connectivity index (χ3v) is 12.6. The van der Waals surface area contributed by atoms with E-state index in [1.165, 1.54) is 12.1 Å². The number of amides is 2. The molecule has 3 aromatic rings. The highest BCUT2D eigenvalue weighted by molar-refractivity contribution is 6.15. The van der Waals surface area contributed by atoms with Crippen LogP contribution in [0.4, 0.5) is 17.1 Å². The zero-order valence-electron chi connectivity index (χ0n) is 31.3. The van der Waals surface area contributed by atoms with E-state index in [9.17, 15) is 34.5 Å². The number of carbonyl (C=O) groups excluding carboxylic acids is 4. The third-order valence-electron chi connectivity index (χ3n) is 12.6. The normalized spacial score (nSPS) is 30.4. The van der Waals surface area contributed by atoms with Crippen LogP contribution in [-0.2, 0) is 9.53 Å². The largest absolute Gasteiger partial charge is 0.451 e. The van der Waals surface area contributed by atoms with E-state index in [0.717, 1.165) is 0 Å². The quantitative estimate of drug-likeness (QED) is 0.154. The maximum atomic E-state index is 14.7. The van der Waals surface area contributed by atoms with Crippen LogP contribution in [0.25, 0.3) is 0 Å². The van der Waals surface area contributed by atoms with Crippen LogP contribution in [0.3, 0.4) is 0 Å². The summed E-state index contributed by atoms with van der Waals surface area (Å²) >= 11 is 0. The summed E-state index contributed by atoms with van der Waals surface area (Å²) in [6.45, 7) is 7.21. The number of ether oxygens (including phenoxy) is 1. The van der Waals surface area contributed by atoms with Gasteiger partial charge in [-0.05, 0) is 84.1 Å². The topological polar surface area (TPSA) is 166 Å². The lowest BCUT2D eigenvalue weighted by Crippen LogP contribution is -2.65. The second kappa shape index (κ2) is 13.3. The van der Waals surface area contributed by atoms with Crippen molar-refractivity contribution in [1.82, 2.24) is 0 Å². The number of fused-ring (bicyclic) bond motifs is 3. The molecule has 11 heteroatoms. The third kappa shape index (κ3) is 5.51. The number of aliphatic hydroxyl groups excluding tert-OH is 2. The molecule has 7 rings (SSSR count). The fraction of sp³-hybridized carbons (Fsp3) is 0.395. The molecule has 3 aromatic carbocycles. The number of para-hydroxylation sites is 3. The Balaban J connectivity index is 1.17. The van der Waals surface area contributed by atoms with Crippen LogP contribution >= 0.6 is 0 Å². The van der Waals surface area contributed by atoms with Crippen LogP contribution in [-0.4, -0.2) is 77.4 Å². The average Bonchev–Trinajstić information content (AvgIpc) is 3.64. The molecule has 282 valence electrons. The number of allylic oxidation sites excluding steroid dienone is 1. The zero-order chi connectivity index (χ0) is 38.9. The first-order chi connectivity index (χ1) is 25.6. The molecule has 0 aliphatic heterocycles. The van der Waals surface area contributed by atoms with Gasteiger partial charge in [-0.2, -0.15) is 0 Å². The van der Waals surface area contributed by atoms with E-state index in [4.69, 9.17) is 4.74 Å². The molecule has 4 aliphatic rings. The Bertz CT molecular complexity index is 2120. The monoisotopic (exact) mass is 733 g/mol. The average molecular weight is 734 g/mol. The number of nitrogens with one attached hydrogen (secondary N) is 2. The molecular formula is C43H47N3O8. The Morgan fingerprint density at radius 2 is 1.44 bits per heavy atom. The van der Waals surface area contributed by atoms with Gasteiger partial charge in [-0.3, -0.25) is 14.4 Å². The molecular weight excluding hydrogens is 686 g/mol. The van der Waals surface area contributed by atoms with Crippen molar-refractivity contribution in [2.24, 2.45) is 34.5 Å². The Hall–Kier alpha value is -5.10. The minimum atomic E-state index is -2.31. The minimum absolute atomic E-state index is 0.0129. The molecule has 8 unspecified atom stereocenters. The summed E-state index contributed by atoms with van der Waals surface area (Å²) in [5.74, 6) is -3.04. The molecule has 54 heavy (non-hydrogen) atoms. The van der Waals surface area contributed by atoms with Crippen molar-refractivity contribution in [3.63, 3.8) is 0 Å². The predicted molar refractivity (Wildman–Crippen MR) is 204 cm³/mol. The Labute approximate surface area is 314 Å². The number of nitrogens with zero attached hydrogens (tertiary/aromatic N) is 1. The Morgan fingerprint density at radius 3 is 2.07 bits per heavy atom. The minimum Gasteiger partial charge on any atom is -0.451 e. The van der Waals surface area contributed by atoms with Gasteiger partial charge in [0.25, 0.3) is 11.8 Å². The van der Waals surface area contributed by atoms with Gasteiger partial charge in [0.1, 0.15) is 6.10 Å². The first-order valence-electron chi connectivity index (χ1n) is 18.3. The van der Waals surface area contributed by atoms with Gasteiger partial charge >= 0.3 is 5.97 Å². The summed E-state index contributed by atoms with van der Waals surface area (Å²) in [5.41, 5.74) is -1.92. The summed E-state index contributed by atoms with van der Waals surface area (Å²) in [4.78, 5) is 57.9. The van der Waals surface area contributed by atoms with Crippen LogP contribution < -0.4 is 15.5 Å². The highest BCUT2D eigenvalue weighted by Gasteiger charge is 2.76. The maximum absolute atomic E-state index is 14.7. The van der Waals surface area contributed by atoms with Gasteiger partial charge in [0.05, 0.1) is 40.1 Å². The van der Waals surface area contributed by atoms with Crippen molar-refractivity contribution < 1.29 is 39.2 Å². The van der Waals surface area contributed by atoms with Crippen LogP contribution in [0.5, 0.6) is 0 Å². The molecule has 1 spiro atoms. The second-order valence-electron chi connectivity index (χ2n) is 16.1. The molecule has 5 N–H and O–H groups in total. The number of hydrogen-bond donors (Lipinski definition) is 5. The number of Topliss-reactive ketones (excluding diaryl/α,β-unsaturated/α-hetero) is 1. The molecule has 11 nitrogen and oxygen atoms in total. The maximum Gasteiger partial charge on any atom is 0.340 e. The van der Waals surface area contributed by atoms with Gasteiger partial charge < -0.3 is 35.6 Å². The van der Waals surface area contributed by atoms with Crippen molar-refractivity contribution in [2.75, 3.05) is 36.2 Å². The molecule has 2 saturated carbocycles. The van der Waals surface area contributed by atoms with Crippen LogP contribution in [0.2, 0.25) is 0 Å². The Kier molecular flexibility index (Phi) is 9.19. The van der Waals surface area contributed by atoms with E-state index in [-0.39, 0.29) is 51.1 Å². The molecule has 0 radical (unpaired) electrons. The van der Waals surface area contributed by atoms with Gasteiger partial charge in [-0.25, -0.2) is 4.79 Å². The summed E-state index contributed by atoms with van der Waals surface area (Å²) in [7, 11) is 3.66. The highest BCUT2D eigenvalue weighted by Crippen LogP contribution is 2.71.